The minimum atomic E-state index is 0.909. The van der Waals surface area contributed by atoms with E-state index in [1.807, 2.05) is 18.5 Å². The van der Waals surface area contributed by atoms with Crippen molar-refractivity contribution in [3.8, 4) is 0 Å². The molecule has 0 radical (unpaired) electrons. The van der Waals surface area contributed by atoms with Crippen LogP contribution in [0.15, 0.2) is 41.2 Å². The number of aromatic nitrogens is 1. The molecule has 1 aromatic heterocycles. The predicted molar refractivity (Wildman–Crippen MR) is 98.2 cm³/mol. The first-order chi connectivity index (χ1) is 11.1. The summed E-state index contributed by atoms with van der Waals surface area (Å²) < 4.78 is 0. The van der Waals surface area contributed by atoms with Crippen LogP contribution in [0.1, 0.15) is 46.2 Å². The molecule has 0 N–H and O–H groups in total. The summed E-state index contributed by atoms with van der Waals surface area (Å²) in [6.07, 6.45) is 8.28. The summed E-state index contributed by atoms with van der Waals surface area (Å²) in [6, 6.07) is 6.38. The van der Waals surface area contributed by atoms with Crippen molar-refractivity contribution in [2.75, 3.05) is 6.54 Å². The molecule has 0 saturated heterocycles. The molecule has 1 aliphatic heterocycles. The molecule has 2 aromatic rings. The van der Waals surface area contributed by atoms with Crippen LogP contribution in [0.2, 0.25) is 0 Å². The predicted octanol–water partition coefficient (Wildman–Crippen LogP) is 4.98. The Morgan fingerprint density at radius 1 is 1.04 bits per heavy atom. The van der Waals surface area contributed by atoms with Gasteiger partial charge in [0.2, 0.25) is 0 Å². The van der Waals surface area contributed by atoms with E-state index in [1.54, 1.807) is 0 Å². The SMILES string of the molecule is Cc1cc(C)c(/C=C2\CCCN=C2c2cccnc2)c(C)c1C. The maximum Gasteiger partial charge on any atom is 0.0694 e. The first-order valence-electron chi connectivity index (χ1n) is 8.31. The fourth-order valence-electron chi connectivity index (χ4n) is 3.30. The molecule has 0 amide bonds. The Morgan fingerprint density at radius 3 is 2.61 bits per heavy atom. The highest BCUT2D eigenvalue weighted by Gasteiger charge is 2.16. The standard InChI is InChI=1S/C21H24N2/c1-14-11-15(2)20(17(4)16(14)3)12-18-7-6-10-23-21(18)19-8-5-9-22-13-19/h5,8-9,11-13H,6-7,10H2,1-4H3/b18-12+. The molecule has 2 heterocycles. The lowest BCUT2D eigenvalue weighted by Crippen LogP contribution is -2.12. The van der Waals surface area contributed by atoms with Crippen LogP contribution in [0, 0.1) is 27.7 Å². The first kappa shape index (κ1) is 15.7. The fraction of sp³-hybridized carbons (Fsp3) is 0.333. The van der Waals surface area contributed by atoms with Gasteiger partial charge in [0, 0.05) is 24.5 Å². The first-order valence-corrected chi connectivity index (χ1v) is 8.31. The largest absolute Gasteiger partial charge is 0.284 e. The summed E-state index contributed by atoms with van der Waals surface area (Å²) in [5.74, 6) is 0. The van der Waals surface area contributed by atoms with E-state index in [0.29, 0.717) is 0 Å². The van der Waals surface area contributed by atoms with Gasteiger partial charge in [0.25, 0.3) is 0 Å². The van der Waals surface area contributed by atoms with Crippen LogP contribution >= 0.6 is 0 Å². The maximum atomic E-state index is 4.78. The van der Waals surface area contributed by atoms with Gasteiger partial charge in [-0.05, 0) is 92.1 Å². The molecule has 1 aromatic carbocycles. The molecule has 0 saturated carbocycles. The molecule has 0 unspecified atom stereocenters. The summed E-state index contributed by atoms with van der Waals surface area (Å²) in [5, 5.41) is 0. The summed E-state index contributed by atoms with van der Waals surface area (Å²) in [6.45, 7) is 9.74. The van der Waals surface area contributed by atoms with Gasteiger partial charge < -0.3 is 0 Å². The van der Waals surface area contributed by atoms with Gasteiger partial charge in [0.05, 0.1) is 5.71 Å². The third-order valence-corrected chi connectivity index (χ3v) is 4.85. The molecule has 1 aliphatic rings. The zero-order valence-corrected chi connectivity index (χ0v) is 14.5. The van der Waals surface area contributed by atoms with Crippen LogP contribution in [0.5, 0.6) is 0 Å². The van der Waals surface area contributed by atoms with Crippen LogP contribution in [0.4, 0.5) is 0 Å². The number of hydrogen-bond donors (Lipinski definition) is 0. The molecular weight excluding hydrogens is 280 g/mol. The van der Waals surface area contributed by atoms with Crippen molar-refractivity contribution in [2.45, 2.75) is 40.5 Å². The molecule has 0 bridgehead atoms. The Bertz CT molecular complexity index is 783. The van der Waals surface area contributed by atoms with Gasteiger partial charge in [-0.2, -0.15) is 0 Å². The molecule has 2 nitrogen and oxygen atoms in total. The zero-order valence-electron chi connectivity index (χ0n) is 14.5. The van der Waals surface area contributed by atoms with Crippen molar-refractivity contribution in [1.29, 1.82) is 0 Å². The Kier molecular flexibility index (Phi) is 4.42. The van der Waals surface area contributed by atoms with Gasteiger partial charge in [-0.1, -0.05) is 6.07 Å². The van der Waals surface area contributed by atoms with E-state index in [9.17, 15) is 0 Å². The normalized spacial score (nSPS) is 16.5. The number of rotatable bonds is 2. The van der Waals surface area contributed by atoms with Crippen molar-refractivity contribution in [2.24, 2.45) is 4.99 Å². The van der Waals surface area contributed by atoms with Gasteiger partial charge in [-0.25, -0.2) is 0 Å². The number of allylic oxidation sites excluding steroid dienone is 1. The Labute approximate surface area is 139 Å². The number of benzene rings is 1. The lowest BCUT2D eigenvalue weighted by atomic mass is 9.89. The second kappa shape index (κ2) is 6.49. The van der Waals surface area contributed by atoms with Gasteiger partial charge >= 0.3 is 0 Å². The number of nitrogens with zero attached hydrogens (tertiary/aromatic N) is 2. The topological polar surface area (TPSA) is 25.2 Å². The summed E-state index contributed by atoms with van der Waals surface area (Å²) in [7, 11) is 0. The minimum Gasteiger partial charge on any atom is -0.284 e. The lowest BCUT2D eigenvalue weighted by molar-refractivity contribution is 0.818. The molecule has 3 rings (SSSR count). The minimum absolute atomic E-state index is 0.909. The summed E-state index contributed by atoms with van der Waals surface area (Å²) in [4.78, 5) is 9.04. The molecule has 118 valence electrons. The highest BCUT2D eigenvalue weighted by Crippen LogP contribution is 2.27. The van der Waals surface area contributed by atoms with Crippen LogP contribution < -0.4 is 0 Å². The van der Waals surface area contributed by atoms with E-state index in [-0.39, 0.29) is 0 Å². The molecule has 0 fully saturated rings. The summed E-state index contributed by atoms with van der Waals surface area (Å²) in [5.41, 5.74) is 10.4. The molecule has 0 atom stereocenters. The molecule has 0 aliphatic carbocycles. The van der Waals surface area contributed by atoms with Crippen molar-refractivity contribution in [3.63, 3.8) is 0 Å². The van der Waals surface area contributed by atoms with E-state index in [4.69, 9.17) is 4.99 Å². The van der Waals surface area contributed by atoms with Crippen LogP contribution in [-0.2, 0) is 0 Å². The quantitative estimate of drug-likeness (QED) is 0.768. The third kappa shape index (κ3) is 3.12. The molecule has 23 heavy (non-hydrogen) atoms. The van der Waals surface area contributed by atoms with Gasteiger partial charge in [-0.3, -0.25) is 9.98 Å². The van der Waals surface area contributed by atoms with E-state index in [2.05, 4.69) is 50.9 Å². The number of pyridine rings is 1. The Hall–Kier alpha value is -2.22. The lowest BCUT2D eigenvalue weighted by Gasteiger charge is -2.18. The Balaban J connectivity index is 2.10. The number of aryl methyl sites for hydroxylation is 2. The summed E-state index contributed by atoms with van der Waals surface area (Å²) >= 11 is 0. The smallest absolute Gasteiger partial charge is 0.0694 e. The Morgan fingerprint density at radius 2 is 1.87 bits per heavy atom. The second-order valence-corrected chi connectivity index (χ2v) is 6.42. The highest BCUT2D eigenvalue weighted by molar-refractivity contribution is 6.15. The zero-order chi connectivity index (χ0) is 16.4. The van der Waals surface area contributed by atoms with E-state index >= 15 is 0 Å². The third-order valence-electron chi connectivity index (χ3n) is 4.85. The fourth-order valence-corrected chi connectivity index (χ4v) is 3.30. The van der Waals surface area contributed by atoms with E-state index in [0.717, 1.165) is 30.7 Å². The number of aliphatic imine (C=N–C) groups is 1. The average molecular weight is 304 g/mol. The van der Waals surface area contributed by atoms with E-state index in [1.165, 1.54) is 33.4 Å². The van der Waals surface area contributed by atoms with Crippen molar-refractivity contribution < 1.29 is 0 Å². The van der Waals surface area contributed by atoms with Crippen molar-refractivity contribution >= 4 is 11.8 Å². The molecule has 2 heteroatoms. The maximum absolute atomic E-state index is 4.78. The van der Waals surface area contributed by atoms with Crippen molar-refractivity contribution in [1.82, 2.24) is 4.98 Å². The van der Waals surface area contributed by atoms with Gasteiger partial charge in [-0.15, -0.1) is 0 Å². The van der Waals surface area contributed by atoms with Gasteiger partial charge in [0.1, 0.15) is 0 Å². The van der Waals surface area contributed by atoms with Gasteiger partial charge in [0.15, 0.2) is 0 Å². The average Bonchev–Trinajstić information content (AvgIpc) is 2.58. The van der Waals surface area contributed by atoms with Crippen LogP contribution in [0.3, 0.4) is 0 Å². The highest BCUT2D eigenvalue weighted by atomic mass is 14.8. The number of hydrogen-bond acceptors (Lipinski definition) is 2. The molecular formula is C21H24N2. The second-order valence-electron chi connectivity index (χ2n) is 6.42. The monoisotopic (exact) mass is 304 g/mol. The van der Waals surface area contributed by atoms with Crippen LogP contribution in [0.25, 0.3) is 6.08 Å². The van der Waals surface area contributed by atoms with Crippen molar-refractivity contribution in [3.05, 3.63) is 69.5 Å². The molecule has 0 spiro atoms. The van der Waals surface area contributed by atoms with E-state index < -0.39 is 0 Å². The van der Waals surface area contributed by atoms with Crippen LogP contribution in [-0.4, -0.2) is 17.2 Å².